The molecule has 0 saturated carbocycles. The van der Waals surface area contributed by atoms with Gasteiger partial charge < -0.3 is 15.4 Å². The first kappa shape index (κ1) is 16.5. The Hall–Kier alpha value is -1.55. The van der Waals surface area contributed by atoms with E-state index in [0.29, 0.717) is 25.6 Å². The van der Waals surface area contributed by atoms with Crippen molar-refractivity contribution in [3.05, 3.63) is 29.8 Å². The Morgan fingerprint density at radius 3 is 2.60 bits per heavy atom. The molecule has 0 aliphatic carbocycles. The maximum atomic E-state index is 11.7. The Kier molecular flexibility index (Phi) is 7.09. The van der Waals surface area contributed by atoms with Crippen LogP contribution in [0.4, 0.5) is 0 Å². The fourth-order valence-electron chi connectivity index (χ4n) is 1.86. The molecule has 1 rings (SSSR count). The molecule has 1 unspecified atom stereocenters. The lowest BCUT2D eigenvalue weighted by Gasteiger charge is -2.18. The van der Waals surface area contributed by atoms with Gasteiger partial charge in [-0.2, -0.15) is 0 Å². The third-order valence-electron chi connectivity index (χ3n) is 2.96. The van der Waals surface area contributed by atoms with Crippen LogP contribution in [0.15, 0.2) is 24.3 Å². The zero-order valence-corrected chi connectivity index (χ0v) is 12.9. The number of benzene rings is 1. The van der Waals surface area contributed by atoms with Gasteiger partial charge in [-0.25, -0.2) is 0 Å². The fourth-order valence-corrected chi connectivity index (χ4v) is 1.86. The Balaban J connectivity index is 2.50. The van der Waals surface area contributed by atoms with Gasteiger partial charge in [0.15, 0.2) is 0 Å². The van der Waals surface area contributed by atoms with Crippen molar-refractivity contribution in [1.29, 1.82) is 0 Å². The van der Waals surface area contributed by atoms with E-state index in [2.05, 4.69) is 24.5 Å². The summed E-state index contributed by atoms with van der Waals surface area (Å²) in [5.74, 6) is 1.37. The first-order valence-corrected chi connectivity index (χ1v) is 7.26. The van der Waals surface area contributed by atoms with E-state index in [-0.39, 0.29) is 11.9 Å². The molecule has 2 N–H and O–H groups in total. The van der Waals surface area contributed by atoms with Crippen molar-refractivity contribution in [3.8, 4) is 5.75 Å². The Bertz CT molecular complexity index is 419. The molecule has 0 aliphatic heterocycles. The van der Waals surface area contributed by atoms with Crippen molar-refractivity contribution >= 4 is 5.91 Å². The first-order valence-electron chi connectivity index (χ1n) is 7.26. The molecule has 0 radical (unpaired) electrons. The van der Waals surface area contributed by atoms with E-state index < -0.39 is 0 Å². The van der Waals surface area contributed by atoms with Crippen LogP contribution in [0.3, 0.4) is 0 Å². The average molecular weight is 278 g/mol. The number of amides is 1. The van der Waals surface area contributed by atoms with E-state index in [9.17, 15) is 4.79 Å². The highest BCUT2D eigenvalue weighted by molar-refractivity contribution is 5.78. The van der Waals surface area contributed by atoms with Gasteiger partial charge in [-0.05, 0) is 25.8 Å². The molecule has 20 heavy (non-hydrogen) atoms. The molecule has 0 bridgehead atoms. The second-order valence-corrected chi connectivity index (χ2v) is 5.27. The van der Waals surface area contributed by atoms with E-state index in [1.807, 2.05) is 38.1 Å². The van der Waals surface area contributed by atoms with Crippen LogP contribution >= 0.6 is 0 Å². The monoisotopic (exact) mass is 278 g/mol. The van der Waals surface area contributed by atoms with Gasteiger partial charge in [0.25, 0.3) is 0 Å². The number of hydrogen-bond donors (Lipinski definition) is 2. The largest absolute Gasteiger partial charge is 0.494 e. The van der Waals surface area contributed by atoms with E-state index in [4.69, 9.17) is 4.74 Å². The summed E-state index contributed by atoms with van der Waals surface area (Å²) in [5, 5.41) is 6.13. The first-order chi connectivity index (χ1) is 9.54. The number of ether oxygens (including phenoxy) is 1. The lowest BCUT2D eigenvalue weighted by molar-refractivity contribution is -0.120. The minimum atomic E-state index is 0.0273. The van der Waals surface area contributed by atoms with Crippen LogP contribution in [-0.2, 0) is 4.79 Å². The van der Waals surface area contributed by atoms with Crippen LogP contribution in [0.2, 0.25) is 0 Å². The van der Waals surface area contributed by atoms with E-state index in [1.165, 1.54) is 0 Å². The molecule has 0 aromatic heterocycles. The van der Waals surface area contributed by atoms with Gasteiger partial charge in [-0.15, -0.1) is 0 Å². The second kappa shape index (κ2) is 8.59. The standard InChI is InChI=1S/C16H26N2O2/c1-5-20-15-9-7-6-8-14(15)13(4)17-11-16(19)18-10-12(2)3/h6-9,12-13,17H,5,10-11H2,1-4H3,(H,18,19). The summed E-state index contributed by atoms with van der Waals surface area (Å²) in [6.07, 6.45) is 0. The molecule has 4 heteroatoms. The maximum absolute atomic E-state index is 11.7. The molecular weight excluding hydrogens is 252 g/mol. The van der Waals surface area contributed by atoms with Gasteiger partial charge in [0.1, 0.15) is 5.75 Å². The maximum Gasteiger partial charge on any atom is 0.233 e. The Morgan fingerprint density at radius 1 is 1.25 bits per heavy atom. The normalized spacial score (nSPS) is 12.2. The van der Waals surface area contributed by atoms with Crippen LogP contribution < -0.4 is 15.4 Å². The van der Waals surface area contributed by atoms with E-state index >= 15 is 0 Å². The molecule has 0 heterocycles. The van der Waals surface area contributed by atoms with Crippen molar-refractivity contribution in [2.24, 2.45) is 5.92 Å². The molecule has 1 atom stereocenters. The summed E-state index contributed by atoms with van der Waals surface area (Å²) < 4.78 is 5.60. The van der Waals surface area contributed by atoms with Crippen LogP contribution in [0, 0.1) is 5.92 Å². The quantitative estimate of drug-likeness (QED) is 0.768. The molecule has 0 spiro atoms. The Labute approximate surface area is 121 Å². The number of para-hydroxylation sites is 1. The van der Waals surface area contributed by atoms with Crippen molar-refractivity contribution < 1.29 is 9.53 Å². The summed E-state index contributed by atoms with van der Waals surface area (Å²) in [5.41, 5.74) is 1.08. The second-order valence-electron chi connectivity index (χ2n) is 5.27. The zero-order chi connectivity index (χ0) is 15.0. The number of hydrogen-bond acceptors (Lipinski definition) is 3. The summed E-state index contributed by atoms with van der Waals surface area (Å²) in [6, 6.07) is 7.98. The topological polar surface area (TPSA) is 50.4 Å². The predicted molar refractivity (Wildman–Crippen MR) is 81.9 cm³/mol. The van der Waals surface area contributed by atoms with Crippen LogP contribution in [0.1, 0.15) is 39.3 Å². The van der Waals surface area contributed by atoms with Gasteiger partial charge in [0, 0.05) is 18.2 Å². The van der Waals surface area contributed by atoms with E-state index in [1.54, 1.807) is 0 Å². The molecule has 0 saturated heterocycles. The zero-order valence-electron chi connectivity index (χ0n) is 12.9. The highest BCUT2D eigenvalue weighted by Crippen LogP contribution is 2.24. The van der Waals surface area contributed by atoms with Crippen LogP contribution in [-0.4, -0.2) is 25.6 Å². The average Bonchev–Trinajstić information content (AvgIpc) is 2.43. The minimum absolute atomic E-state index is 0.0273. The molecule has 1 aromatic carbocycles. The molecule has 1 aromatic rings. The number of carbonyl (C=O) groups is 1. The summed E-state index contributed by atoms with van der Waals surface area (Å²) in [4.78, 5) is 11.7. The van der Waals surface area contributed by atoms with E-state index in [0.717, 1.165) is 11.3 Å². The molecular formula is C16H26N2O2. The van der Waals surface area contributed by atoms with Crippen molar-refractivity contribution in [2.75, 3.05) is 19.7 Å². The number of carbonyl (C=O) groups excluding carboxylic acids is 1. The predicted octanol–water partition coefficient (Wildman–Crippen LogP) is 2.51. The minimum Gasteiger partial charge on any atom is -0.494 e. The van der Waals surface area contributed by atoms with Gasteiger partial charge in [0.05, 0.1) is 13.2 Å². The molecule has 4 nitrogen and oxygen atoms in total. The third-order valence-corrected chi connectivity index (χ3v) is 2.96. The van der Waals surface area contributed by atoms with Gasteiger partial charge in [-0.3, -0.25) is 4.79 Å². The van der Waals surface area contributed by atoms with Crippen LogP contribution in [0.25, 0.3) is 0 Å². The molecule has 112 valence electrons. The number of nitrogens with one attached hydrogen (secondary N) is 2. The molecule has 0 fully saturated rings. The van der Waals surface area contributed by atoms with Crippen molar-refractivity contribution in [3.63, 3.8) is 0 Å². The fraction of sp³-hybridized carbons (Fsp3) is 0.562. The van der Waals surface area contributed by atoms with Gasteiger partial charge in [-0.1, -0.05) is 32.0 Å². The molecule has 0 aliphatic rings. The highest BCUT2D eigenvalue weighted by atomic mass is 16.5. The molecule has 1 amide bonds. The summed E-state index contributed by atoms with van der Waals surface area (Å²) >= 11 is 0. The highest BCUT2D eigenvalue weighted by Gasteiger charge is 2.12. The lowest BCUT2D eigenvalue weighted by Crippen LogP contribution is -2.36. The summed E-state index contributed by atoms with van der Waals surface area (Å²) in [6.45, 7) is 9.82. The van der Waals surface area contributed by atoms with Crippen molar-refractivity contribution in [2.45, 2.75) is 33.7 Å². The SMILES string of the molecule is CCOc1ccccc1C(C)NCC(=O)NCC(C)C. The van der Waals surface area contributed by atoms with Gasteiger partial charge >= 0.3 is 0 Å². The number of rotatable bonds is 8. The van der Waals surface area contributed by atoms with Crippen LogP contribution in [0.5, 0.6) is 5.75 Å². The van der Waals surface area contributed by atoms with Crippen molar-refractivity contribution in [1.82, 2.24) is 10.6 Å². The van der Waals surface area contributed by atoms with Gasteiger partial charge in [0.2, 0.25) is 5.91 Å². The third kappa shape index (κ3) is 5.61. The summed E-state index contributed by atoms with van der Waals surface area (Å²) in [7, 11) is 0. The smallest absolute Gasteiger partial charge is 0.233 e. The lowest BCUT2D eigenvalue weighted by atomic mass is 10.1. The Morgan fingerprint density at radius 2 is 1.95 bits per heavy atom.